The number of carbonyl (C=O) groups is 1. The highest BCUT2D eigenvalue weighted by Crippen LogP contribution is 2.41. The number of rotatable bonds is 4. The Hall–Kier alpha value is -2.72. The quantitative estimate of drug-likeness (QED) is 0.368. The molecular formula is C25H23NO2S. The van der Waals surface area contributed by atoms with Crippen molar-refractivity contribution < 1.29 is 9.53 Å². The molecule has 0 saturated heterocycles. The maximum atomic E-state index is 13.1. The van der Waals surface area contributed by atoms with Crippen LogP contribution in [0.1, 0.15) is 42.2 Å². The lowest BCUT2D eigenvalue weighted by Gasteiger charge is -2.28. The Kier molecular flexibility index (Phi) is 5.03. The molecule has 3 aromatic carbocycles. The Bertz CT molecular complexity index is 1130. The van der Waals surface area contributed by atoms with Crippen LogP contribution in [-0.4, -0.2) is 11.0 Å². The van der Waals surface area contributed by atoms with Gasteiger partial charge in [0.15, 0.2) is 0 Å². The van der Waals surface area contributed by atoms with E-state index in [4.69, 9.17) is 9.72 Å². The minimum absolute atomic E-state index is 0.0816. The average Bonchev–Trinajstić information content (AvgIpc) is 3.21. The molecule has 0 radical (unpaired) electrons. The van der Waals surface area contributed by atoms with Gasteiger partial charge in [-0.05, 0) is 41.3 Å². The number of aromatic nitrogens is 1. The van der Waals surface area contributed by atoms with Crippen molar-refractivity contribution in [2.45, 2.75) is 38.2 Å². The van der Waals surface area contributed by atoms with Gasteiger partial charge in [-0.1, -0.05) is 67.4 Å². The van der Waals surface area contributed by atoms with Crippen molar-refractivity contribution in [3.63, 3.8) is 0 Å². The summed E-state index contributed by atoms with van der Waals surface area (Å²) in [6.07, 6.45) is 4.12. The summed E-state index contributed by atoms with van der Waals surface area (Å²) in [6.45, 7) is 0.323. The summed E-state index contributed by atoms with van der Waals surface area (Å²) >= 11 is 1.72. The highest BCUT2D eigenvalue weighted by molar-refractivity contribution is 7.18. The van der Waals surface area contributed by atoms with Gasteiger partial charge in [-0.15, -0.1) is 11.3 Å². The van der Waals surface area contributed by atoms with Gasteiger partial charge in [-0.3, -0.25) is 4.79 Å². The van der Waals surface area contributed by atoms with Crippen molar-refractivity contribution in [2.24, 2.45) is 5.92 Å². The molecular weight excluding hydrogens is 378 g/mol. The highest BCUT2D eigenvalue weighted by Gasteiger charge is 2.35. The molecule has 4 aromatic rings. The molecule has 1 fully saturated rings. The van der Waals surface area contributed by atoms with Crippen LogP contribution >= 0.6 is 11.3 Å². The second-order valence-electron chi connectivity index (χ2n) is 7.76. The van der Waals surface area contributed by atoms with Crippen LogP contribution in [0.4, 0.5) is 0 Å². The van der Waals surface area contributed by atoms with Crippen LogP contribution in [0.15, 0.2) is 66.7 Å². The van der Waals surface area contributed by atoms with Gasteiger partial charge in [-0.25, -0.2) is 4.98 Å². The van der Waals surface area contributed by atoms with Crippen molar-refractivity contribution in [2.75, 3.05) is 0 Å². The maximum absolute atomic E-state index is 13.1. The van der Waals surface area contributed by atoms with Crippen LogP contribution in [0.2, 0.25) is 0 Å². The molecule has 0 unspecified atom stereocenters. The zero-order chi connectivity index (χ0) is 19.6. The van der Waals surface area contributed by atoms with Gasteiger partial charge in [0.05, 0.1) is 21.1 Å². The van der Waals surface area contributed by atoms with Crippen molar-refractivity contribution in [3.8, 4) is 0 Å². The number of para-hydroxylation sites is 1. The Labute approximate surface area is 174 Å². The fourth-order valence-corrected chi connectivity index (χ4v) is 5.60. The first kappa shape index (κ1) is 18.3. The lowest BCUT2D eigenvalue weighted by Crippen LogP contribution is -2.27. The van der Waals surface area contributed by atoms with Crippen LogP contribution < -0.4 is 0 Å². The fourth-order valence-electron chi connectivity index (χ4n) is 4.43. The molecule has 0 aliphatic heterocycles. The van der Waals surface area contributed by atoms with Crippen LogP contribution in [0.3, 0.4) is 0 Å². The SMILES string of the molecule is O=C(OCc1cccc2ccccc12)[C@H]1CCCC[C@H]1c1nc2ccccc2s1. The van der Waals surface area contributed by atoms with E-state index in [0.29, 0.717) is 6.61 Å². The van der Waals surface area contributed by atoms with E-state index in [1.54, 1.807) is 11.3 Å². The van der Waals surface area contributed by atoms with Crippen molar-refractivity contribution in [1.82, 2.24) is 4.98 Å². The molecule has 1 saturated carbocycles. The number of thiazole rings is 1. The standard InChI is InChI=1S/C25H23NO2S/c27-25(28-16-18-10-7-9-17-8-1-2-11-19(17)18)21-13-4-3-12-20(21)24-26-22-14-5-6-15-23(22)29-24/h1-2,5-11,14-15,20-21H,3-4,12-13,16H2/t20-,21+/m1/s1. The van der Waals surface area contributed by atoms with E-state index < -0.39 is 0 Å². The molecule has 1 aliphatic rings. The summed E-state index contributed by atoms with van der Waals surface area (Å²) in [4.78, 5) is 17.9. The third-order valence-electron chi connectivity index (χ3n) is 5.95. The Morgan fingerprint density at radius 1 is 0.966 bits per heavy atom. The third kappa shape index (κ3) is 3.65. The van der Waals surface area contributed by atoms with Crippen molar-refractivity contribution >= 4 is 38.3 Å². The molecule has 1 aromatic heterocycles. The number of ether oxygens (including phenoxy) is 1. The van der Waals surface area contributed by atoms with E-state index in [1.165, 1.54) is 10.1 Å². The largest absolute Gasteiger partial charge is 0.461 e. The zero-order valence-corrected chi connectivity index (χ0v) is 17.0. The Balaban J connectivity index is 1.36. The summed E-state index contributed by atoms with van der Waals surface area (Å²) in [6, 6.07) is 22.6. The molecule has 1 aliphatic carbocycles. The van der Waals surface area contributed by atoms with Crippen LogP contribution in [-0.2, 0) is 16.1 Å². The number of nitrogens with zero attached hydrogens (tertiary/aromatic N) is 1. The van der Waals surface area contributed by atoms with Crippen LogP contribution in [0.25, 0.3) is 21.0 Å². The third-order valence-corrected chi connectivity index (χ3v) is 7.11. The highest BCUT2D eigenvalue weighted by atomic mass is 32.1. The topological polar surface area (TPSA) is 39.2 Å². The number of hydrogen-bond donors (Lipinski definition) is 0. The molecule has 0 amide bonds. The number of esters is 1. The normalized spacial score (nSPS) is 19.4. The Morgan fingerprint density at radius 2 is 1.76 bits per heavy atom. The molecule has 1 heterocycles. The second-order valence-corrected chi connectivity index (χ2v) is 8.83. The minimum atomic E-state index is -0.0979. The molecule has 5 rings (SSSR count). The predicted octanol–water partition coefficient (Wildman–Crippen LogP) is 6.47. The minimum Gasteiger partial charge on any atom is -0.461 e. The molecule has 3 nitrogen and oxygen atoms in total. The lowest BCUT2D eigenvalue weighted by molar-refractivity contribution is -0.151. The van der Waals surface area contributed by atoms with Crippen LogP contribution in [0, 0.1) is 5.92 Å². The lowest BCUT2D eigenvalue weighted by atomic mass is 9.79. The summed E-state index contributed by atoms with van der Waals surface area (Å²) in [5, 5.41) is 3.40. The van der Waals surface area contributed by atoms with Crippen LogP contribution in [0.5, 0.6) is 0 Å². The zero-order valence-electron chi connectivity index (χ0n) is 16.2. The number of hydrogen-bond acceptors (Lipinski definition) is 4. The second kappa shape index (κ2) is 7.96. The first-order valence-corrected chi connectivity index (χ1v) is 11.1. The van der Waals surface area contributed by atoms with Gasteiger partial charge in [0.25, 0.3) is 0 Å². The van der Waals surface area contributed by atoms with Gasteiger partial charge in [0.2, 0.25) is 0 Å². The van der Waals surface area contributed by atoms with Gasteiger partial charge in [0, 0.05) is 5.92 Å². The van der Waals surface area contributed by atoms with Gasteiger partial charge < -0.3 is 4.74 Å². The monoisotopic (exact) mass is 401 g/mol. The van der Waals surface area contributed by atoms with Crippen molar-refractivity contribution in [1.29, 1.82) is 0 Å². The number of benzene rings is 3. The van der Waals surface area contributed by atoms with E-state index in [1.807, 2.05) is 42.5 Å². The van der Waals surface area contributed by atoms with E-state index in [9.17, 15) is 4.79 Å². The smallest absolute Gasteiger partial charge is 0.309 e. The number of carbonyl (C=O) groups excluding carboxylic acids is 1. The summed E-state index contributed by atoms with van der Waals surface area (Å²) < 4.78 is 7.03. The molecule has 0 N–H and O–H groups in total. The van der Waals surface area contributed by atoms with Crippen molar-refractivity contribution in [3.05, 3.63) is 77.3 Å². The van der Waals surface area contributed by atoms with E-state index in [2.05, 4.69) is 24.3 Å². The number of fused-ring (bicyclic) bond motifs is 2. The average molecular weight is 402 g/mol. The maximum Gasteiger partial charge on any atom is 0.309 e. The molecule has 4 heteroatoms. The van der Waals surface area contributed by atoms with E-state index in [0.717, 1.165) is 47.2 Å². The van der Waals surface area contributed by atoms with Gasteiger partial charge in [-0.2, -0.15) is 0 Å². The molecule has 29 heavy (non-hydrogen) atoms. The molecule has 146 valence electrons. The summed E-state index contributed by atoms with van der Waals surface area (Å²) in [5.74, 6) is -0.0117. The first-order valence-electron chi connectivity index (χ1n) is 10.3. The predicted molar refractivity (Wildman–Crippen MR) is 118 cm³/mol. The summed E-state index contributed by atoms with van der Waals surface area (Å²) in [7, 11) is 0. The summed E-state index contributed by atoms with van der Waals surface area (Å²) in [5.41, 5.74) is 2.09. The Morgan fingerprint density at radius 3 is 2.69 bits per heavy atom. The molecule has 0 spiro atoms. The first-order chi connectivity index (χ1) is 14.3. The van der Waals surface area contributed by atoms with Gasteiger partial charge >= 0.3 is 5.97 Å². The van der Waals surface area contributed by atoms with E-state index in [-0.39, 0.29) is 17.8 Å². The molecule has 0 bridgehead atoms. The fraction of sp³-hybridized carbons (Fsp3) is 0.280. The van der Waals surface area contributed by atoms with Gasteiger partial charge in [0.1, 0.15) is 6.61 Å². The molecule has 2 atom stereocenters. The van der Waals surface area contributed by atoms with E-state index >= 15 is 0 Å².